The Morgan fingerprint density at radius 1 is 1.08 bits per heavy atom. The molecule has 0 bridgehead atoms. The summed E-state index contributed by atoms with van der Waals surface area (Å²) >= 11 is 0. The average molecular weight is 384 g/mol. The molecule has 0 aliphatic carbocycles. The second-order valence-electron chi connectivity index (χ2n) is 5.93. The first-order chi connectivity index (χ1) is 12.1. The molecule has 138 valence electrons. The lowest BCUT2D eigenvalue weighted by Crippen LogP contribution is -2.31. The number of sulfonamides is 1. The van der Waals surface area contributed by atoms with Crippen LogP contribution in [0.5, 0.6) is 0 Å². The Labute approximate surface area is 148 Å². The fourth-order valence-electron chi connectivity index (χ4n) is 2.70. The van der Waals surface area contributed by atoms with Crippen molar-refractivity contribution in [2.24, 2.45) is 0 Å². The van der Waals surface area contributed by atoms with Gasteiger partial charge in [0.05, 0.1) is 11.3 Å². The Hall–Kier alpha value is -2.55. The molecule has 0 unspecified atom stereocenters. The van der Waals surface area contributed by atoms with Gasteiger partial charge in [0.15, 0.2) is 0 Å². The standard InChI is InChI=1S/C17H15F3N2O3S/c18-17(19,20)13-4-1-11(2-5-13)10-26(24,25)22-14-6-3-12-7-8-21-16(23)15(12)9-14/h1-6,9,22H,7-8,10H2,(H,21,23). The second-order valence-corrected chi connectivity index (χ2v) is 7.66. The first-order valence-electron chi connectivity index (χ1n) is 7.72. The van der Waals surface area contributed by atoms with E-state index in [0.717, 1.165) is 29.8 Å². The molecule has 0 aromatic heterocycles. The van der Waals surface area contributed by atoms with Crippen molar-refractivity contribution < 1.29 is 26.4 Å². The van der Waals surface area contributed by atoms with Gasteiger partial charge in [0.1, 0.15) is 0 Å². The fraction of sp³-hybridized carbons (Fsp3) is 0.235. The third-order valence-electron chi connectivity index (χ3n) is 3.95. The lowest BCUT2D eigenvalue weighted by atomic mass is 10.00. The minimum Gasteiger partial charge on any atom is -0.352 e. The van der Waals surface area contributed by atoms with Crippen molar-refractivity contribution in [1.82, 2.24) is 5.32 Å². The number of anilines is 1. The SMILES string of the molecule is O=C1NCCc2ccc(NS(=O)(=O)Cc3ccc(C(F)(F)F)cc3)cc21. The number of fused-ring (bicyclic) bond motifs is 1. The summed E-state index contributed by atoms with van der Waals surface area (Å²) in [6, 6.07) is 8.63. The molecule has 1 amide bonds. The lowest BCUT2D eigenvalue weighted by molar-refractivity contribution is -0.137. The van der Waals surface area contributed by atoms with E-state index in [-0.39, 0.29) is 17.2 Å². The molecule has 2 aromatic rings. The van der Waals surface area contributed by atoms with Crippen molar-refractivity contribution in [3.05, 3.63) is 64.7 Å². The summed E-state index contributed by atoms with van der Waals surface area (Å²) in [5, 5.41) is 2.68. The highest BCUT2D eigenvalue weighted by atomic mass is 32.2. The van der Waals surface area contributed by atoms with Gasteiger partial charge in [-0.25, -0.2) is 8.42 Å². The Morgan fingerprint density at radius 3 is 2.42 bits per heavy atom. The van der Waals surface area contributed by atoms with Crippen LogP contribution in [0.25, 0.3) is 0 Å². The van der Waals surface area contributed by atoms with E-state index in [1.54, 1.807) is 12.1 Å². The number of halogens is 3. The number of alkyl halides is 3. The predicted octanol–water partition coefficient (Wildman–Crippen LogP) is 2.93. The van der Waals surface area contributed by atoms with Gasteiger partial charge in [-0.1, -0.05) is 18.2 Å². The van der Waals surface area contributed by atoms with Gasteiger partial charge < -0.3 is 5.32 Å². The maximum Gasteiger partial charge on any atom is 0.416 e. The summed E-state index contributed by atoms with van der Waals surface area (Å²) in [5.41, 5.74) is 0.853. The van der Waals surface area contributed by atoms with Crippen LogP contribution >= 0.6 is 0 Å². The molecule has 26 heavy (non-hydrogen) atoms. The minimum absolute atomic E-state index is 0.223. The normalized spacial score (nSPS) is 14.5. The summed E-state index contributed by atoms with van der Waals surface area (Å²) in [6.45, 7) is 0.533. The van der Waals surface area contributed by atoms with E-state index in [1.807, 2.05) is 0 Å². The van der Waals surface area contributed by atoms with Crippen molar-refractivity contribution in [3.63, 3.8) is 0 Å². The number of hydrogen-bond donors (Lipinski definition) is 2. The molecule has 3 rings (SSSR count). The third kappa shape index (κ3) is 4.16. The summed E-state index contributed by atoms with van der Waals surface area (Å²) in [5.74, 6) is -0.746. The van der Waals surface area contributed by atoms with Crippen LogP contribution in [0.1, 0.15) is 27.0 Å². The molecule has 2 N–H and O–H groups in total. The predicted molar refractivity (Wildman–Crippen MR) is 90.2 cm³/mol. The lowest BCUT2D eigenvalue weighted by Gasteiger charge is -2.17. The van der Waals surface area contributed by atoms with Gasteiger partial charge in [0.2, 0.25) is 10.0 Å². The smallest absolute Gasteiger partial charge is 0.352 e. The molecule has 0 atom stereocenters. The number of benzene rings is 2. The molecule has 5 nitrogen and oxygen atoms in total. The van der Waals surface area contributed by atoms with Crippen molar-refractivity contribution >= 4 is 21.6 Å². The molecule has 2 aromatic carbocycles. The van der Waals surface area contributed by atoms with E-state index in [9.17, 15) is 26.4 Å². The number of carbonyl (C=O) groups excluding carboxylic acids is 1. The number of hydrogen-bond acceptors (Lipinski definition) is 3. The summed E-state index contributed by atoms with van der Waals surface area (Å²) in [4.78, 5) is 11.8. The molecule has 1 aliphatic heterocycles. The van der Waals surface area contributed by atoms with E-state index in [2.05, 4.69) is 10.0 Å². The Balaban J connectivity index is 1.75. The molecule has 9 heteroatoms. The van der Waals surface area contributed by atoms with Crippen molar-refractivity contribution in [2.45, 2.75) is 18.3 Å². The average Bonchev–Trinajstić information content (AvgIpc) is 2.54. The van der Waals surface area contributed by atoms with E-state index in [4.69, 9.17) is 0 Å². The Morgan fingerprint density at radius 2 is 1.77 bits per heavy atom. The van der Waals surface area contributed by atoms with Gasteiger partial charge in [-0.15, -0.1) is 0 Å². The molecular weight excluding hydrogens is 369 g/mol. The quantitative estimate of drug-likeness (QED) is 0.851. The summed E-state index contributed by atoms with van der Waals surface area (Å²) < 4.78 is 64.5. The summed E-state index contributed by atoms with van der Waals surface area (Å²) in [6.07, 6.45) is -3.81. The molecule has 1 aliphatic rings. The largest absolute Gasteiger partial charge is 0.416 e. The Kier molecular flexibility index (Phi) is 4.66. The molecule has 1 heterocycles. The topological polar surface area (TPSA) is 75.3 Å². The van der Waals surface area contributed by atoms with Crippen molar-refractivity contribution in [2.75, 3.05) is 11.3 Å². The first-order valence-corrected chi connectivity index (χ1v) is 9.37. The van der Waals surface area contributed by atoms with Gasteiger partial charge >= 0.3 is 6.18 Å². The van der Waals surface area contributed by atoms with Crippen LogP contribution in [-0.4, -0.2) is 20.9 Å². The van der Waals surface area contributed by atoms with Gasteiger partial charge in [-0.3, -0.25) is 9.52 Å². The highest BCUT2D eigenvalue weighted by Gasteiger charge is 2.30. The third-order valence-corrected chi connectivity index (χ3v) is 5.21. The van der Waals surface area contributed by atoms with Crippen LogP contribution in [-0.2, 0) is 28.4 Å². The maximum atomic E-state index is 12.6. The zero-order valence-corrected chi connectivity index (χ0v) is 14.2. The molecule has 0 saturated heterocycles. The van der Waals surface area contributed by atoms with Crippen molar-refractivity contribution in [3.8, 4) is 0 Å². The molecule has 0 radical (unpaired) electrons. The number of carbonyl (C=O) groups is 1. The zero-order chi connectivity index (χ0) is 18.9. The first kappa shape index (κ1) is 18.2. The van der Waals surface area contributed by atoms with Gasteiger partial charge in [-0.05, 0) is 41.8 Å². The van der Waals surface area contributed by atoms with Crippen molar-refractivity contribution in [1.29, 1.82) is 0 Å². The minimum atomic E-state index is -4.47. The van der Waals surface area contributed by atoms with Crippen LogP contribution in [0, 0.1) is 0 Å². The maximum absolute atomic E-state index is 12.6. The summed E-state index contributed by atoms with van der Waals surface area (Å²) in [7, 11) is -3.84. The second kappa shape index (κ2) is 6.64. The van der Waals surface area contributed by atoms with E-state index >= 15 is 0 Å². The van der Waals surface area contributed by atoms with Crippen LogP contribution < -0.4 is 10.0 Å². The van der Waals surface area contributed by atoms with Crippen LogP contribution in [0.4, 0.5) is 18.9 Å². The Bertz CT molecular complexity index is 939. The fourth-order valence-corrected chi connectivity index (χ4v) is 3.89. The van der Waals surface area contributed by atoms with Gasteiger partial charge in [-0.2, -0.15) is 13.2 Å². The molecular formula is C17H15F3N2O3S. The van der Waals surface area contributed by atoms with E-state index in [1.165, 1.54) is 6.07 Å². The van der Waals surface area contributed by atoms with Crippen LogP contribution in [0.3, 0.4) is 0 Å². The highest BCUT2D eigenvalue weighted by molar-refractivity contribution is 7.91. The molecule has 0 spiro atoms. The molecule has 0 saturated carbocycles. The van der Waals surface area contributed by atoms with Gasteiger partial charge in [0.25, 0.3) is 5.91 Å². The van der Waals surface area contributed by atoms with E-state index < -0.39 is 27.5 Å². The van der Waals surface area contributed by atoms with E-state index in [0.29, 0.717) is 18.5 Å². The number of rotatable bonds is 4. The van der Waals surface area contributed by atoms with Crippen LogP contribution in [0.15, 0.2) is 42.5 Å². The van der Waals surface area contributed by atoms with Crippen LogP contribution in [0.2, 0.25) is 0 Å². The number of amides is 1. The number of nitrogens with one attached hydrogen (secondary N) is 2. The monoisotopic (exact) mass is 384 g/mol. The highest BCUT2D eigenvalue weighted by Crippen LogP contribution is 2.29. The van der Waals surface area contributed by atoms with Gasteiger partial charge in [0, 0.05) is 17.8 Å². The molecule has 0 fully saturated rings. The zero-order valence-electron chi connectivity index (χ0n) is 13.4.